The van der Waals surface area contributed by atoms with Gasteiger partial charge < -0.3 is 24.3 Å². The fourth-order valence-corrected chi connectivity index (χ4v) is 3.33. The van der Waals surface area contributed by atoms with Crippen molar-refractivity contribution < 1.29 is 18.9 Å². The van der Waals surface area contributed by atoms with Crippen molar-refractivity contribution in [1.29, 1.82) is 0 Å². The van der Waals surface area contributed by atoms with E-state index in [0.717, 1.165) is 29.0 Å². The molecule has 1 aliphatic rings. The Bertz CT molecular complexity index is 750. The summed E-state index contributed by atoms with van der Waals surface area (Å²) in [5, 5.41) is 4.05. The van der Waals surface area contributed by atoms with Gasteiger partial charge in [-0.2, -0.15) is 0 Å². The molecule has 1 heterocycles. The molecule has 0 spiro atoms. The van der Waals surface area contributed by atoms with Crippen LogP contribution in [0.4, 0.5) is 0 Å². The average molecular weight is 364 g/mol. The highest BCUT2D eigenvalue weighted by Crippen LogP contribution is 2.36. The monoisotopic (exact) mass is 363 g/mol. The van der Waals surface area contributed by atoms with Crippen molar-refractivity contribution >= 4 is 11.6 Å². The lowest BCUT2D eigenvalue weighted by Crippen LogP contribution is -2.38. The molecule has 1 N–H and O–H groups in total. The lowest BCUT2D eigenvalue weighted by atomic mass is 10.0. The summed E-state index contributed by atoms with van der Waals surface area (Å²) in [5.74, 6) is 2.80. The van der Waals surface area contributed by atoms with Crippen molar-refractivity contribution in [3.8, 4) is 23.0 Å². The second-order valence-electron chi connectivity index (χ2n) is 5.85. The van der Waals surface area contributed by atoms with E-state index in [1.807, 2.05) is 24.3 Å². The normalized spacial score (nSPS) is 15.9. The molecule has 5 nitrogen and oxygen atoms in total. The summed E-state index contributed by atoms with van der Waals surface area (Å²) in [7, 11) is 4.83. The van der Waals surface area contributed by atoms with Gasteiger partial charge in [0.1, 0.15) is 6.61 Å². The topological polar surface area (TPSA) is 49.0 Å². The van der Waals surface area contributed by atoms with Gasteiger partial charge in [0.15, 0.2) is 23.0 Å². The zero-order valence-electron chi connectivity index (χ0n) is 14.6. The standard InChI is InChI=1S/C19H22ClNO4/c1-22-16-6-4-5-13-9-14(11-25-18(13)16)21-10-12-7-15(20)19(24-3)17(8-12)23-2/h4-8,14,21H,9-11H2,1-3H3/t14-/m0/s1. The SMILES string of the molecule is COc1cc(CN[C@@H]2COc3c(cccc3OC)C2)cc(Cl)c1OC. The van der Waals surface area contributed by atoms with Crippen LogP contribution in [-0.2, 0) is 13.0 Å². The van der Waals surface area contributed by atoms with Crippen LogP contribution in [0.3, 0.4) is 0 Å². The third kappa shape index (κ3) is 3.78. The number of fused-ring (bicyclic) bond motifs is 1. The first-order chi connectivity index (χ1) is 12.2. The Morgan fingerprint density at radius 1 is 1.12 bits per heavy atom. The number of hydrogen-bond donors (Lipinski definition) is 1. The Morgan fingerprint density at radius 2 is 1.92 bits per heavy atom. The number of methoxy groups -OCH3 is 3. The molecule has 0 fully saturated rings. The van der Waals surface area contributed by atoms with Crippen LogP contribution >= 0.6 is 11.6 Å². The highest BCUT2D eigenvalue weighted by molar-refractivity contribution is 6.32. The average Bonchev–Trinajstić information content (AvgIpc) is 2.65. The van der Waals surface area contributed by atoms with Gasteiger partial charge in [-0.1, -0.05) is 23.7 Å². The molecule has 2 aromatic carbocycles. The molecule has 1 aliphatic heterocycles. The van der Waals surface area contributed by atoms with E-state index in [0.29, 0.717) is 29.7 Å². The molecule has 3 rings (SSSR count). The van der Waals surface area contributed by atoms with Crippen molar-refractivity contribution in [2.24, 2.45) is 0 Å². The van der Waals surface area contributed by atoms with Gasteiger partial charge in [0.2, 0.25) is 0 Å². The molecule has 1 atom stereocenters. The fourth-order valence-electron chi connectivity index (χ4n) is 3.02. The van der Waals surface area contributed by atoms with Crippen LogP contribution in [0.2, 0.25) is 5.02 Å². The van der Waals surface area contributed by atoms with Crippen LogP contribution in [0.1, 0.15) is 11.1 Å². The van der Waals surface area contributed by atoms with Crippen LogP contribution < -0.4 is 24.3 Å². The number of para-hydroxylation sites is 1. The van der Waals surface area contributed by atoms with Gasteiger partial charge in [-0.05, 0) is 35.7 Å². The van der Waals surface area contributed by atoms with Crippen LogP contribution in [0, 0.1) is 0 Å². The summed E-state index contributed by atoms with van der Waals surface area (Å²) < 4.78 is 21.9. The number of halogens is 1. The van der Waals surface area contributed by atoms with Gasteiger partial charge in [0.25, 0.3) is 0 Å². The van der Waals surface area contributed by atoms with E-state index in [9.17, 15) is 0 Å². The minimum atomic E-state index is 0.214. The largest absolute Gasteiger partial charge is 0.493 e. The van der Waals surface area contributed by atoms with E-state index >= 15 is 0 Å². The van der Waals surface area contributed by atoms with E-state index < -0.39 is 0 Å². The van der Waals surface area contributed by atoms with E-state index in [1.165, 1.54) is 0 Å². The van der Waals surface area contributed by atoms with Crippen molar-refractivity contribution in [1.82, 2.24) is 5.32 Å². The first-order valence-electron chi connectivity index (χ1n) is 8.08. The minimum absolute atomic E-state index is 0.214. The Kier molecular flexibility index (Phi) is 5.56. The molecular formula is C19H22ClNO4. The molecule has 0 radical (unpaired) electrons. The molecular weight excluding hydrogens is 342 g/mol. The Balaban J connectivity index is 1.68. The molecule has 2 aromatic rings. The Labute approximate surface area is 152 Å². The van der Waals surface area contributed by atoms with Gasteiger partial charge in [-0.3, -0.25) is 0 Å². The lowest BCUT2D eigenvalue weighted by Gasteiger charge is -2.27. The number of rotatable bonds is 6. The van der Waals surface area contributed by atoms with E-state index in [1.54, 1.807) is 21.3 Å². The first kappa shape index (κ1) is 17.7. The Morgan fingerprint density at radius 3 is 2.64 bits per heavy atom. The quantitative estimate of drug-likeness (QED) is 0.851. The third-order valence-corrected chi connectivity index (χ3v) is 4.54. The Hall–Kier alpha value is -2.11. The summed E-state index contributed by atoms with van der Waals surface area (Å²) in [4.78, 5) is 0. The van der Waals surface area contributed by atoms with Gasteiger partial charge in [-0.15, -0.1) is 0 Å². The van der Waals surface area contributed by atoms with Crippen LogP contribution in [-0.4, -0.2) is 34.0 Å². The fraction of sp³-hybridized carbons (Fsp3) is 0.368. The predicted molar refractivity (Wildman–Crippen MR) is 97.4 cm³/mol. The van der Waals surface area contributed by atoms with E-state index in [2.05, 4.69) is 11.4 Å². The molecule has 0 unspecified atom stereocenters. The van der Waals surface area contributed by atoms with Crippen molar-refractivity contribution in [3.63, 3.8) is 0 Å². The second-order valence-corrected chi connectivity index (χ2v) is 6.26. The maximum atomic E-state index is 6.26. The van der Waals surface area contributed by atoms with Crippen LogP contribution in [0.15, 0.2) is 30.3 Å². The molecule has 0 amide bonds. The van der Waals surface area contributed by atoms with Gasteiger partial charge in [0, 0.05) is 12.6 Å². The summed E-state index contributed by atoms with van der Waals surface area (Å²) in [5.41, 5.74) is 2.17. The van der Waals surface area contributed by atoms with E-state index in [4.69, 9.17) is 30.5 Å². The lowest BCUT2D eigenvalue weighted by molar-refractivity contribution is 0.226. The molecule has 134 valence electrons. The zero-order chi connectivity index (χ0) is 17.8. The zero-order valence-corrected chi connectivity index (χ0v) is 15.4. The summed E-state index contributed by atoms with van der Waals surface area (Å²) in [6.45, 7) is 1.25. The van der Waals surface area contributed by atoms with Crippen molar-refractivity contribution in [2.75, 3.05) is 27.9 Å². The van der Waals surface area contributed by atoms with Crippen molar-refractivity contribution in [3.05, 3.63) is 46.5 Å². The first-order valence-corrected chi connectivity index (χ1v) is 8.46. The minimum Gasteiger partial charge on any atom is -0.493 e. The molecule has 0 bridgehead atoms. The highest BCUT2D eigenvalue weighted by atomic mass is 35.5. The number of ether oxygens (including phenoxy) is 4. The third-order valence-electron chi connectivity index (χ3n) is 4.26. The maximum absolute atomic E-state index is 6.26. The number of nitrogens with one attached hydrogen (secondary N) is 1. The molecule has 0 saturated carbocycles. The molecule has 0 aromatic heterocycles. The smallest absolute Gasteiger partial charge is 0.179 e. The summed E-state index contributed by atoms with van der Waals surface area (Å²) in [6, 6.07) is 10.00. The highest BCUT2D eigenvalue weighted by Gasteiger charge is 2.22. The number of benzene rings is 2. The summed E-state index contributed by atoms with van der Waals surface area (Å²) >= 11 is 6.26. The maximum Gasteiger partial charge on any atom is 0.179 e. The van der Waals surface area contributed by atoms with Crippen LogP contribution in [0.5, 0.6) is 23.0 Å². The van der Waals surface area contributed by atoms with E-state index in [-0.39, 0.29) is 6.04 Å². The van der Waals surface area contributed by atoms with Crippen LogP contribution in [0.25, 0.3) is 0 Å². The number of hydrogen-bond acceptors (Lipinski definition) is 5. The second kappa shape index (κ2) is 7.85. The molecule has 6 heteroatoms. The van der Waals surface area contributed by atoms with Gasteiger partial charge >= 0.3 is 0 Å². The van der Waals surface area contributed by atoms with Gasteiger partial charge in [0.05, 0.1) is 26.4 Å². The van der Waals surface area contributed by atoms with Gasteiger partial charge in [-0.25, -0.2) is 0 Å². The predicted octanol–water partition coefficient (Wildman–Crippen LogP) is 3.46. The molecule has 0 saturated heterocycles. The molecule has 25 heavy (non-hydrogen) atoms. The molecule has 0 aliphatic carbocycles. The van der Waals surface area contributed by atoms with Crippen molar-refractivity contribution in [2.45, 2.75) is 19.0 Å². The summed E-state index contributed by atoms with van der Waals surface area (Å²) in [6.07, 6.45) is 0.882.